The third-order valence-corrected chi connectivity index (χ3v) is 2.47. The van der Waals surface area contributed by atoms with Crippen LogP contribution in [-0.2, 0) is 5.60 Å². The van der Waals surface area contributed by atoms with Crippen LogP contribution in [0.4, 0.5) is 4.39 Å². The fourth-order valence-corrected chi connectivity index (χ4v) is 1.50. The first-order valence-electron chi connectivity index (χ1n) is 4.62. The topological polar surface area (TPSA) is 33.4 Å². The van der Waals surface area contributed by atoms with Crippen molar-refractivity contribution < 1.29 is 13.9 Å². The summed E-state index contributed by atoms with van der Waals surface area (Å²) >= 11 is 0. The zero-order chi connectivity index (χ0) is 10.9. The van der Waals surface area contributed by atoms with Crippen LogP contribution in [0.25, 0.3) is 0 Å². The molecule has 0 amide bonds. The Balaban J connectivity index is 2.46. The van der Waals surface area contributed by atoms with Gasteiger partial charge in [-0.15, -0.1) is 0 Å². The van der Waals surface area contributed by atoms with Crippen LogP contribution in [-0.4, -0.2) is 5.11 Å². The van der Waals surface area contributed by atoms with E-state index in [1.54, 1.807) is 25.1 Å². The van der Waals surface area contributed by atoms with E-state index in [1.165, 1.54) is 24.7 Å². The minimum absolute atomic E-state index is 0.365. The van der Waals surface area contributed by atoms with Crippen LogP contribution in [0.3, 0.4) is 0 Å². The van der Waals surface area contributed by atoms with Gasteiger partial charge < -0.3 is 9.52 Å². The predicted octanol–water partition coefficient (Wildman–Crippen LogP) is 2.67. The Morgan fingerprint density at radius 2 is 2.07 bits per heavy atom. The van der Waals surface area contributed by atoms with Gasteiger partial charge in [0.15, 0.2) is 0 Å². The zero-order valence-corrected chi connectivity index (χ0v) is 8.27. The molecule has 1 N–H and O–H groups in total. The predicted molar refractivity (Wildman–Crippen MR) is 53.8 cm³/mol. The van der Waals surface area contributed by atoms with Crippen molar-refractivity contribution in [1.29, 1.82) is 0 Å². The van der Waals surface area contributed by atoms with Gasteiger partial charge in [-0.05, 0) is 30.7 Å². The summed E-state index contributed by atoms with van der Waals surface area (Å²) in [6.07, 6.45) is 2.92. The standard InChI is InChI=1S/C12H11FO2/c1-12(14,10-5-6-15-8-10)9-3-2-4-11(13)7-9/h2-8,14H,1H3. The molecular formula is C12H11FO2. The van der Waals surface area contributed by atoms with Crippen molar-refractivity contribution in [1.82, 2.24) is 0 Å². The van der Waals surface area contributed by atoms with Crippen LogP contribution in [0.2, 0.25) is 0 Å². The maximum Gasteiger partial charge on any atom is 0.123 e. The van der Waals surface area contributed by atoms with Crippen molar-refractivity contribution in [2.45, 2.75) is 12.5 Å². The van der Waals surface area contributed by atoms with Crippen molar-refractivity contribution in [3.05, 3.63) is 59.8 Å². The third-order valence-electron chi connectivity index (χ3n) is 2.47. The van der Waals surface area contributed by atoms with E-state index in [9.17, 15) is 9.50 Å². The average molecular weight is 206 g/mol. The fraction of sp³-hybridized carbons (Fsp3) is 0.167. The molecule has 1 aromatic carbocycles. The van der Waals surface area contributed by atoms with Crippen molar-refractivity contribution in [2.75, 3.05) is 0 Å². The highest BCUT2D eigenvalue weighted by Gasteiger charge is 2.26. The number of halogens is 1. The molecule has 1 atom stereocenters. The van der Waals surface area contributed by atoms with Gasteiger partial charge in [0.05, 0.1) is 12.5 Å². The summed E-state index contributed by atoms with van der Waals surface area (Å²) in [4.78, 5) is 0. The smallest absolute Gasteiger partial charge is 0.123 e. The lowest BCUT2D eigenvalue weighted by Gasteiger charge is -2.22. The number of aliphatic hydroxyl groups is 1. The Morgan fingerprint density at radius 1 is 1.27 bits per heavy atom. The van der Waals surface area contributed by atoms with Crippen LogP contribution in [0.5, 0.6) is 0 Å². The largest absolute Gasteiger partial charge is 0.472 e. The minimum atomic E-state index is -1.23. The van der Waals surface area contributed by atoms with Crippen LogP contribution in [0.15, 0.2) is 47.3 Å². The van der Waals surface area contributed by atoms with E-state index in [4.69, 9.17) is 4.42 Å². The van der Waals surface area contributed by atoms with Gasteiger partial charge in [0, 0.05) is 5.56 Å². The number of hydrogen-bond donors (Lipinski definition) is 1. The molecule has 1 unspecified atom stereocenters. The first-order chi connectivity index (χ1) is 7.10. The molecule has 0 saturated heterocycles. The molecule has 3 heteroatoms. The summed E-state index contributed by atoms with van der Waals surface area (Å²) in [5.41, 5.74) is -0.119. The average Bonchev–Trinajstić information content (AvgIpc) is 2.71. The second-order valence-electron chi connectivity index (χ2n) is 3.59. The molecule has 1 aromatic heterocycles. The lowest BCUT2D eigenvalue weighted by atomic mass is 9.90. The fourth-order valence-electron chi connectivity index (χ4n) is 1.50. The normalized spacial score (nSPS) is 14.9. The maximum absolute atomic E-state index is 13.0. The number of benzene rings is 1. The summed E-state index contributed by atoms with van der Waals surface area (Å²) in [6.45, 7) is 1.60. The number of rotatable bonds is 2. The first-order valence-corrected chi connectivity index (χ1v) is 4.62. The summed E-state index contributed by atoms with van der Waals surface area (Å²) in [5.74, 6) is -0.365. The lowest BCUT2D eigenvalue weighted by Crippen LogP contribution is -2.22. The number of furan rings is 1. The summed E-state index contributed by atoms with van der Waals surface area (Å²) in [7, 11) is 0. The highest BCUT2D eigenvalue weighted by atomic mass is 19.1. The SMILES string of the molecule is CC(O)(c1ccoc1)c1cccc(F)c1. The van der Waals surface area contributed by atoms with Crippen molar-refractivity contribution in [3.8, 4) is 0 Å². The molecule has 2 nitrogen and oxygen atoms in total. The molecule has 2 aromatic rings. The Kier molecular flexibility index (Phi) is 2.32. The minimum Gasteiger partial charge on any atom is -0.472 e. The monoisotopic (exact) mass is 206 g/mol. The Bertz CT molecular complexity index is 446. The molecule has 15 heavy (non-hydrogen) atoms. The molecule has 0 aliphatic heterocycles. The molecule has 0 spiro atoms. The molecule has 0 fully saturated rings. The highest BCUT2D eigenvalue weighted by Crippen LogP contribution is 2.29. The molecule has 0 bridgehead atoms. The van der Waals surface area contributed by atoms with Crippen LogP contribution >= 0.6 is 0 Å². The molecule has 0 aliphatic carbocycles. The first kappa shape index (κ1) is 9.93. The number of hydrogen-bond acceptors (Lipinski definition) is 2. The quantitative estimate of drug-likeness (QED) is 0.819. The molecular weight excluding hydrogens is 195 g/mol. The van der Waals surface area contributed by atoms with E-state index in [0.29, 0.717) is 11.1 Å². The van der Waals surface area contributed by atoms with Gasteiger partial charge in [-0.3, -0.25) is 0 Å². The van der Waals surface area contributed by atoms with Crippen molar-refractivity contribution in [3.63, 3.8) is 0 Å². The van der Waals surface area contributed by atoms with E-state index < -0.39 is 5.60 Å². The van der Waals surface area contributed by atoms with Crippen molar-refractivity contribution >= 4 is 0 Å². The zero-order valence-electron chi connectivity index (χ0n) is 8.27. The molecule has 2 rings (SSSR count). The molecule has 0 radical (unpaired) electrons. The van der Waals surface area contributed by atoms with E-state index in [-0.39, 0.29) is 5.82 Å². The van der Waals surface area contributed by atoms with E-state index in [1.807, 2.05) is 0 Å². The second-order valence-corrected chi connectivity index (χ2v) is 3.59. The van der Waals surface area contributed by atoms with Crippen LogP contribution < -0.4 is 0 Å². The Hall–Kier alpha value is -1.61. The van der Waals surface area contributed by atoms with E-state index in [2.05, 4.69) is 0 Å². The van der Waals surface area contributed by atoms with E-state index in [0.717, 1.165) is 0 Å². The Morgan fingerprint density at radius 3 is 2.67 bits per heavy atom. The Labute approximate surface area is 87.0 Å². The van der Waals surface area contributed by atoms with Gasteiger partial charge in [0.1, 0.15) is 11.4 Å². The molecule has 0 saturated carbocycles. The third kappa shape index (κ3) is 1.78. The highest BCUT2D eigenvalue weighted by molar-refractivity contribution is 5.33. The van der Waals surface area contributed by atoms with Gasteiger partial charge in [0.25, 0.3) is 0 Å². The molecule has 1 heterocycles. The molecule has 0 aliphatic rings. The van der Waals surface area contributed by atoms with Gasteiger partial charge in [0.2, 0.25) is 0 Å². The van der Waals surface area contributed by atoms with Gasteiger partial charge >= 0.3 is 0 Å². The van der Waals surface area contributed by atoms with Gasteiger partial charge in [-0.1, -0.05) is 12.1 Å². The summed E-state index contributed by atoms with van der Waals surface area (Å²) in [6, 6.07) is 7.56. The summed E-state index contributed by atoms with van der Waals surface area (Å²) in [5, 5.41) is 10.2. The van der Waals surface area contributed by atoms with Crippen molar-refractivity contribution in [2.24, 2.45) is 0 Å². The van der Waals surface area contributed by atoms with Gasteiger partial charge in [-0.2, -0.15) is 0 Å². The van der Waals surface area contributed by atoms with Crippen LogP contribution in [0.1, 0.15) is 18.1 Å². The summed E-state index contributed by atoms with van der Waals surface area (Å²) < 4.78 is 17.9. The van der Waals surface area contributed by atoms with Gasteiger partial charge in [-0.25, -0.2) is 4.39 Å². The molecule has 78 valence electrons. The maximum atomic E-state index is 13.0. The second kappa shape index (κ2) is 3.51. The van der Waals surface area contributed by atoms with Crippen LogP contribution in [0, 0.1) is 5.82 Å². The lowest BCUT2D eigenvalue weighted by molar-refractivity contribution is 0.101. The van der Waals surface area contributed by atoms with E-state index >= 15 is 0 Å².